The summed E-state index contributed by atoms with van der Waals surface area (Å²) in [7, 11) is 3.22. The van der Waals surface area contributed by atoms with Crippen LogP contribution in [-0.2, 0) is 22.6 Å². The summed E-state index contributed by atoms with van der Waals surface area (Å²) in [6, 6.07) is 10.9. The number of methoxy groups -OCH3 is 1. The molecule has 0 bridgehead atoms. The van der Waals surface area contributed by atoms with E-state index in [0.29, 0.717) is 12.3 Å². The topological polar surface area (TPSA) is 84.7 Å². The van der Waals surface area contributed by atoms with Gasteiger partial charge in [0.05, 0.1) is 13.7 Å². The largest absolute Gasteiger partial charge is 0.467 e. The molecule has 0 aliphatic heterocycles. The van der Waals surface area contributed by atoms with Gasteiger partial charge in [-0.15, -0.1) is 0 Å². The molecule has 24 heavy (non-hydrogen) atoms. The third-order valence-electron chi connectivity index (χ3n) is 3.42. The Kier molecular flexibility index (Phi) is 6.08. The predicted octanol–water partition coefficient (Wildman–Crippen LogP) is 1.60. The van der Waals surface area contributed by atoms with E-state index in [1.807, 2.05) is 37.4 Å². The Balaban J connectivity index is 1.90. The number of benzene rings is 1. The highest BCUT2D eigenvalue weighted by Crippen LogP contribution is 2.10. The minimum atomic E-state index is -0.747. The van der Waals surface area contributed by atoms with Crippen LogP contribution < -0.4 is 5.32 Å². The van der Waals surface area contributed by atoms with Gasteiger partial charge in [-0.3, -0.25) is 9.69 Å². The highest BCUT2D eigenvalue weighted by atomic mass is 16.5. The molecule has 0 saturated heterocycles. The second-order valence-electron chi connectivity index (χ2n) is 5.55. The maximum atomic E-state index is 12.0. The molecule has 0 aliphatic rings. The number of carbonyl (C=O) groups is 2. The molecule has 7 nitrogen and oxygen atoms in total. The standard InChI is InChI=1S/C17H21N3O4/c1-12(17(22)23-3)18-16(21)15-9-14(24-19-15)11-20(2)10-13-7-5-4-6-8-13/h4-9,12H,10-11H2,1-3H3,(H,18,21)/t12-/m1/s1. The van der Waals surface area contributed by atoms with Crippen LogP contribution in [0.3, 0.4) is 0 Å². The molecule has 0 saturated carbocycles. The summed E-state index contributed by atoms with van der Waals surface area (Å²) in [5.41, 5.74) is 1.32. The van der Waals surface area contributed by atoms with E-state index in [9.17, 15) is 9.59 Å². The third kappa shape index (κ3) is 4.92. The van der Waals surface area contributed by atoms with Gasteiger partial charge < -0.3 is 14.6 Å². The number of aromatic nitrogens is 1. The van der Waals surface area contributed by atoms with Gasteiger partial charge in [-0.25, -0.2) is 4.79 Å². The van der Waals surface area contributed by atoms with E-state index in [1.165, 1.54) is 12.7 Å². The molecule has 7 heteroatoms. The van der Waals surface area contributed by atoms with Crippen LogP contribution in [0.25, 0.3) is 0 Å². The quantitative estimate of drug-likeness (QED) is 0.776. The van der Waals surface area contributed by atoms with Gasteiger partial charge in [0.1, 0.15) is 6.04 Å². The van der Waals surface area contributed by atoms with Crippen LogP contribution in [0.15, 0.2) is 40.9 Å². The Morgan fingerprint density at radius 2 is 2.00 bits per heavy atom. The fraction of sp³-hybridized carbons (Fsp3) is 0.353. The molecule has 1 N–H and O–H groups in total. The van der Waals surface area contributed by atoms with Crippen molar-refractivity contribution >= 4 is 11.9 Å². The van der Waals surface area contributed by atoms with Crippen LogP contribution in [0.2, 0.25) is 0 Å². The number of esters is 1. The molecule has 0 fully saturated rings. The van der Waals surface area contributed by atoms with E-state index >= 15 is 0 Å². The summed E-state index contributed by atoms with van der Waals surface area (Å²) in [4.78, 5) is 25.4. The summed E-state index contributed by atoms with van der Waals surface area (Å²) in [5, 5.41) is 6.25. The molecule has 1 heterocycles. The number of carbonyl (C=O) groups excluding carboxylic acids is 2. The van der Waals surface area contributed by atoms with Gasteiger partial charge in [0.15, 0.2) is 11.5 Å². The SMILES string of the molecule is COC(=O)[C@@H](C)NC(=O)c1cc(CN(C)Cc2ccccc2)on1. The van der Waals surface area contributed by atoms with Crippen molar-refractivity contribution in [2.24, 2.45) is 0 Å². The molecular weight excluding hydrogens is 310 g/mol. The number of hydrogen-bond acceptors (Lipinski definition) is 6. The predicted molar refractivity (Wildman–Crippen MR) is 87.1 cm³/mol. The molecule has 1 aromatic heterocycles. The first-order valence-electron chi connectivity index (χ1n) is 7.56. The Morgan fingerprint density at radius 1 is 1.29 bits per heavy atom. The van der Waals surface area contributed by atoms with Crippen molar-refractivity contribution in [2.75, 3.05) is 14.2 Å². The number of rotatable bonds is 7. The zero-order chi connectivity index (χ0) is 17.5. The van der Waals surface area contributed by atoms with E-state index in [4.69, 9.17) is 4.52 Å². The molecule has 0 spiro atoms. The first-order valence-corrected chi connectivity index (χ1v) is 7.56. The van der Waals surface area contributed by atoms with E-state index in [0.717, 1.165) is 6.54 Å². The highest BCUT2D eigenvalue weighted by molar-refractivity contribution is 5.95. The van der Waals surface area contributed by atoms with Crippen molar-refractivity contribution in [1.82, 2.24) is 15.4 Å². The van der Waals surface area contributed by atoms with Crippen LogP contribution in [0.4, 0.5) is 0 Å². The molecule has 2 rings (SSSR count). The summed E-state index contributed by atoms with van der Waals surface area (Å²) >= 11 is 0. The lowest BCUT2D eigenvalue weighted by atomic mass is 10.2. The van der Waals surface area contributed by atoms with Crippen LogP contribution in [-0.4, -0.2) is 42.1 Å². The van der Waals surface area contributed by atoms with Crippen LogP contribution >= 0.6 is 0 Å². The summed E-state index contributed by atoms with van der Waals surface area (Å²) < 4.78 is 9.75. The summed E-state index contributed by atoms with van der Waals surface area (Å²) in [5.74, 6) is -0.424. The maximum absolute atomic E-state index is 12.0. The molecule has 128 valence electrons. The van der Waals surface area contributed by atoms with E-state index in [2.05, 4.69) is 20.1 Å². The van der Waals surface area contributed by atoms with Crippen molar-refractivity contribution in [3.05, 3.63) is 53.4 Å². The normalized spacial score (nSPS) is 12.0. The second kappa shape index (κ2) is 8.26. The van der Waals surface area contributed by atoms with Gasteiger partial charge in [-0.05, 0) is 19.5 Å². The van der Waals surface area contributed by atoms with E-state index in [1.54, 1.807) is 13.0 Å². The summed E-state index contributed by atoms with van der Waals surface area (Å²) in [6.07, 6.45) is 0. The molecular formula is C17H21N3O4. The zero-order valence-corrected chi connectivity index (χ0v) is 14.0. The number of nitrogens with one attached hydrogen (secondary N) is 1. The highest BCUT2D eigenvalue weighted by Gasteiger charge is 2.20. The van der Waals surface area contributed by atoms with Crippen molar-refractivity contribution in [3.8, 4) is 0 Å². The first kappa shape index (κ1) is 17.7. The zero-order valence-electron chi connectivity index (χ0n) is 14.0. The fourth-order valence-corrected chi connectivity index (χ4v) is 2.22. The maximum Gasteiger partial charge on any atom is 0.328 e. The minimum absolute atomic E-state index is 0.133. The van der Waals surface area contributed by atoms with Gasteiger partial charge in [0.2, 0.25) is 0 Å². The smallest absolute Gasteiger partial charge is 0.328 e. The van der Waals surface area contributed by atoms with Crippen molar-refractivity contribution in [1.29, 1.82) is 0 Å². The molecule has 0 unspecified atom stereocenters. The number of hydrogen-bond donors (Lipinski definition) is 1. The number of nitrogens with zero attached hydrogens (tertiary/aromatic N) is 2. The van der Waals surface area contributed by atoms with Crippen LogP contribution in [0.1, 0.15) is 28.7 Å². The third-order valence-corrected chi connectivity index (χ3v) is 3.42. The summed E-state index contributed by atoms with van der Waals surface area (Å²) in [6.45, 7) is 2.81. The van der Waals surface area contributed by atoms with Crippen LogP contribution in [0, 0.1) is 0 Å². The lowest BCUT2D eigenvalue weighted by Gasteiger charge is -2.14. The molecule has 2 aromatic rings. The Morgan fingerprint density at radius 3 is 2.67 bits per heavy atom. The number of ether oxygens (including phenoxy) is 1. The Bertz CT molecular complexity index is 684. The molecule has 1 atom stereocenters. The van der Waals surface area contributed by atoms with Gasteiger partial charge in [-0.2, -0.15) is 0 Å². The van der Waals surface area contributed by atoms with Gasteiger partial charge in [0.25, 0.3) is 5.91 Å². The minimum Gasteiger partial charge on any atom is -0.467 e. The van der Waals surface area contributed by atoms with Gasteiger partial charge >= 0.3 is 5.97 Å². The fourth-order valence-electron chi connectivity index (χ4n) is 2.22. The molecule has 0 aliphatic carbocycles. The Labute approximate surface area is 140 Å². The Hall–Kier alpha value is -2.67. The lowest BCUT2D eigenvalue weighted by molar-refractivity contribution is -0.142. The molecule has 1 aromatic carbocycles. The van der Waals surface area contributed by atoms with Crippen molar-refractivity contribution in [3.63, 3.8) is 0 Å². The van der Waals surface area contributed by atoms with E-state index < -0.39 is 17.9 Å². The van der Waals surface area contributed by atoms with Crippen LogP contribution in [0.5, 0.6) is 0 Å². The van der Waals surface area contributed by atoms with Gasteiger partial charge in [-0.1, -0.05) is 35.5 Å². The monoisotopic (exact) mass is 331 g/mol. The average molecular weight is 331 g/mol. The lowest BCUT2D eigenvalue weighted by Crippen LogP contribution is -2.39. The van der Waals surface area contributed by atoms with Crippen molar-refractivity contribution in [2.45, 2.75) is 26.1 Å². The first-order chi connectivity index (χ1) is 11.5. The van der Waals surface area contributed by atoms with E-state index in [-0.39, 0.29) is 5.69 Å². The second-order valence-corrected chi connectivity index (χ2v) is 5.55. The number of amides is 1. The molecule has 1 amide bonds. The van der Waals surface area contributed by atoms with Gasteiger partial charge in [0, 0.05) is 12.6 Å². The average Bonchev–Trinajstić information content (AvgIpc) is 3.03. The van der Waals surface area contributed by atoms with Crippen molar-refractivity contribution < 1.29 is 18.8 Å². The molecule has 0 radical (unpaired) electrons.